The Hall–Kier alpha value is -3.04. The van der Waals surface area contributed by atoms with E-state index in [0.29, 0.717) is 27.3 Å². The number of nitrogens with one attached hydrogen (secondary N) is 3. The second-order valence-electron chi connectivity index (χ2n) is 6.39. The minimum atomic E-state index is -0.884. The molecule has 0 aliphatic carbocycles. The molecule has 3 amide bonds. The SMILES string of the molecule is O=C(NCc1ccc(/C=N/NC(=O)c2ccc(Cl)cc2Cl)o1)C(=O)Nc1ccc(Cl)c(Cl)c1. The summed E-state index contributed by atoms with van der Waals surface area (Å²) >= 11 is 23.5. The molecule has 33 heavy (non-hydrogen) atoms. The van der Waals surface area contributed by atoms with E-state index in [4.69, 9.17) is 50.8 Å². The summed E-state index contributed by atoms with van der Waals surface area (Å²) in [6.45, 7) is -0.0474. The zero-order valence-electron chi connectivity index (χ0n) is 16.5. The predicted octanol–water partition coefficient (Wildman–Crippen LogP) is 4.91. The molecule has 0 saturated heterocycles. The quantitative estimate of drug-likeness (QED) is 0.240. The lowest BCUT2D eigenvalue weighted by Gasteiger charge is -2.06. The molecule has 0 radical (unpaired) electrons. The average molecular weight is 528 g/mol. The molecule has 0 spiro atoms. The van der Waals surface area contributed by atoms with Crippen LogP contribution in [-0.2, 0) is 16.1 Å². The summed E-state index contributed by atoms with van der Waals surface area (Å²) < 4.78 is 5.47. The van der Waals surface area contributed by atoms with E-state index in [2.05, 4.69) is 21.2 Å². The third-order valence-electron chi connectivity index (χ3n) is 4.02. The van der Waals surface area contributed by atoms with Gasteiger partial charge in [-0.15, -0.1) is 0 Å². The molecule has 2 aromatic carbocycles. The van der Waals surface area contributed by atoms with Gasteiger partial charge in [-0.25, -0.2) is 5.43 Å². The number of nitrogens with zero attached hydrogens (tertiary/aromatic N) is 1. The van der Waals surface area contributed by atoms with Crippen LogP contribution in [0.3, 0.4) is 0 Å². The molecule has 0 aliphatic rings. The van der Waals surface area contributed by atoms with Gasteiger partial charge >= 0.3 is 11.8 Å². The molecule has 3 N–H and O–H groups in total. The first-order valence-electron chi connectivity index (χ1n) is 9.14. The van der Waals surface area contributed by atoms with E-state index >= 15 is 0 Å². The topological polar surface area (TPSA) is 113 Å². The van der Waals surface area contributed by atoms with E-state index in [1.54, 1.807) is 12.1 Å². The van der Waals surface area contributed by atoms with Crippen LogP contribution < -0.4 is 16.1 Å². The molecule has 1 heterocycles. The summed E-state index contributed by atoms with van der Waals surface area (Å²) in [7, 11) is 0. The fraction of sp³-hybridized carbons (Fsp3) is 0.0476. The minimum absolute atomic E-state index is 0.0474. The number of halogens is 4. The molecule has 8 nitrogen and oxygen atoms in total. The Balaban J connectivity index is 1.48. The Morgan fingerprint density at radius 2 is 1.67 bits per heavy atom. The molecule has 0 fully saturated rings. The van der Waals surface area contributed by atoms with Crippen molar-refractivity contribution in [3.05, 3.63) is 85.7 Å². The van der Waals surface area contributed by atoms with Gasteiger partial charge in [-0.3, -0.25) is 14.4 Å². The summed E-state index contributed by atoms with van der Waals surface area (Å²) in [5, 5.41) is 9.79. The van der Waals surface area contributed by atoms with Gasteiger partial charge < -0.3 is 15.1 Å². The largest absolute Gasteiger partial charge is 0.458 e. The summed E-state index contributed by atoms with van der Waals surface area (Å²) in [6.07, 6.45) is 1.27. The number of anilines is 1. The number of rotatable bonds is 6. The standard InChI is InChI=1S/C21H14Cl4N4O4/c22-11-1-5-15(17(24)7-11)19(30)29-27-10-14-4-3-13(33-14)9-26-20(31)21(32)28-12-2-6-16(23)18(25)8-12/h1-8,10H,9H2,(H,26,31)(H,28,32)(H,29,30)/b27-10+. The zero-order valence-corrected chi connectivity index (χ0v) is 19.5. The third kappa shape index (κ3) is 6.97. The van der Waals surface area contributed by atoms with Gasteiger partial charge in [0.05, 0.1) is 33.4 Å². The van der Waals surface area contributed by atoms with E-state index < -0.39 is 17.7 Å². The Kier molecular flexibility index (Phi) is 8.35. The summed E-state index contributed by atoms with van der Waals surface area (Å²) in [5.74, 6) is -1.62. The lowest BCUT2D eigenvalue weighted by molar-refractivity contribution is -0.136. The van der Waals surface area contributed by atoms with Crippen LogP contribution >= 0.6 is 46.4 Å². The molecule has 1 aromatic heterocycles. The highest BCUT2D eigenvalue weighted by molar-refractivity contribution is 6.43. The summed E-state index contributed by atoms with van der Waals surface area (Å²) in [5.41, 5.74) is 2.85. The molecule has 170 valence electrons. The van der Waals surface area contributed by atoms with Crippen LogP contribution in [0.25, 0.3) is 0 Å². The van der Waals surface area contributed by atoms with Gasteiger partial charge in [0, 0.05) is 10.7 Å². The lowest BCUT2D eigenvalue weighted by Crippen LogP contribution is -2.34. The van der Waals surface area contributed by atoms with Crippen molar-refractivity contribution in [1.82, 2.24) is 10.7 Å². The molecule has 0 saturated carbocycles. The number of furan rings is 1. The number of benzene rings is 2. The van der Waals surface area contributed by atoms with Crippen molar-refractivity contribution in [3.63, 3.8) is 0 Å². The molecule has 0 atom stereocenters. The van der Waals surface area contributed by atoms with Crippen LogP contribution in [0.15, 0.2) is 58.0 Å². The first-order valence-corrected chi connectivity index (χ1v) is 10.7. The van der Waals surface area contributed by atoms with E-state index in [1.165, 1.54) is 42.6 Å². The first-order chi connectivity index (χ1) is 15.7. The molecule has 0 bridgehead atoms. The number of hydrogen-bond acceptors (Lipinski definition) is 5. The maximum Gasteiger partial charge on any atom is 0.313 e. The fourth-order valence-electron chi connectivity index (χ4n) is 2.46. The fourth-order valence-corrected chi connectivity index (χ4v) is 3.25. The molecule has 12 heteroatoms. The highest BCUT2D eigenvalue weighted by Gasteiger charge is 2.15. The van der Waals surface area contributed by atoms with Gasteiger partial charge in [-0.2, -0.15) is 5.10 Å². The van der Waals surface area contributed by atoms with Crippen LogP contribution in [0, 0.1) is 0 Å². The van der Waals surface area contributed by atoms with Gasteiger partial charge in [0.15, 0.2) is 0 Å². The molecular formula is C21H14Cl4N4O4. The smallest absolute Gasteiger partial charge is 0.313 e. The normalized spacial score (nSPS) is 10.8. The highest BCUT2D eigenvalue weighted by atomic mass is 35.5. The van der Waals surface area contributed by atoms with Crippen LogP contribution in [0.4, 0.5) is 5.69 Å². The summed E-state index contributed by atoms with van der Waals surface area (Å²) in [4.78, 5) is 36.1. The second-order valence-corrected chi connectivity index (χ2v) is 8.05. The van der Waals surface area contributed by atoms with Crippen molar-refractivity contribution < 1.29 is 18.8 Å². The van der Waals surface area contributed by atoms with E-state index in [0.717, 1.165) is 0 Å². The maximum absolute atomic E-state index is 12.1. The van der Waals surface area contributed by atoms with Crippen molar-refractivity contribution in [2.45, 2.75) is 6.54 Å². The number of hydrazone groups is 1. The van der Waals surface area contributed by atoms with Crippen molar-refractivity contribution in [1.29, 1.82) is 0 Å². The van der Waals surface area contributed by atoms with E-state index in [-0.39, 0.29) is 22.2 Å². The monoisotopic (exact) mass is 526 g/mol. The molecule has 0 aliphatic heterocycles. The van der Waals surface area contributed by atoms with Gasteiger partial charge in [-0.1, -0.05) is 46.4 Å². The molecule has 3 rings (SSSR count). The first kappa shape index (κ1) is 24.6. The Bertz CT molecular complexity index is 1240. The highest BCUT2D eigenvalue weighted by Crippen LogP contribution is 2.25. The van der Waals surface area contributed by atoms with E-state index in [9.17, 15) is 14.4 Å². The maximum atomic E-state index is 12.1. The van der Waals surface area contributed by atoms with Gasteiger partial charge in [0.2, 0.25) is 0 Å². The number of carbonyl (C=O) groups excluding carboxylic acids is 3. The number of hydrogen-bond donors (Lipinski definition) is 3. The predicted molar refractivity (Wildman–Crippen MR) is 127 cm³/mol. The minimum Gasteiger partial charge on any atom is -0.458 e. The van der Waals surface area contributed by atoms with Crippen molar-refractivity contribution in [2.75, 3.05) is 5.32 Å². The molecule has 3 aromatic rings. The van der Waals surface area contributed by atoms with Crippen LogP contribution in [-0.4, -0.2) is 23.9 Å². The Morgan fingerprint density at radius 3 is 2.39 bits per heavy atom. The van der Waals surface area contributed by atoms with Crippen molar-refractivity contribution in [2.24, 2.45) is 5.10 Å². The van der Waals surface area contributed by atoms with Crippen molar-refractivity contribution >= 4 is 76.0 Å². The Labute approximate surface area is 207 Å². The van der Waals surface area contributed by atoms with Gasteiger partial charge in [0.1, 0.15) is 11.5 Å². The third-order valence-corrected chi connectivity index (χ3v) is 5.31. The lowest BCUT2D eigenvalue weighted by atomic mass is 10.2. The summed E-state index contributed by atoms with van der Waals surface area (Å²) in [6, 6.07) is 12.0. The van der Waals surface area contributed by atoms with Crippen LogP contribution in [0.5, 0.6) is 0 Å². The number of amides is 3. The van der Waals surface area contributed by atoms with Gasteiger partial charge in [0.25, 0.3) is 5.91 Å². The zero-order chi connectivity index (χ0) is 24.0. The average Bonchev–Trinajstić information content (AvgIpc) is 3.22. The van der Waals surface area contributed by atoms with E-state index in [1.807, 2.05) is 0 Å². The molecule has 0 unspecified atom stereocenters. The van der Waals surface area contributed by atoms with Crippen molar-refractivity contribution in [3.8, 4) is 0 Å². The van der Waals surface area contributed by atoms with Gasteiger partial charge in [-0.05, 0) is 48.5 Å². The van der Waals surface area contributed by atoms with Crippen LogP contribution in [0.1, 0.15) is 21.9 Å². The Morgan fingerprint density at radius 1 is 0.879 bits per heavy atom. The van der Waals surface area contributed by atoms with Crippen LogP contribution in [0.2, 0.25) is 20.1 Å². The number of carbonyl (C=O) groups is 3. The molecular weight excluding hydrogens is 514 g/mol. The second kappa shape index (κ2) is 11.2.